The predicted molar refractivity (Wildman–Crippen MR) is 170 cm³/mol. The van der Waals surface area contributed by atoms with Crippen LogP contribution in [-0.4, -0.2) is 25.0 Å². The zero-order chi connectivity index (χ0) is 30.8. The zero-order valence-electron chi connectivity index (χ0n) is 24.6. The summed E-state index contributed by atoms with van der Waals surface area (Å²) in [6, 6.07) is 26.3. The molecule has 1 fully saturated rings. The fourth-order valence-electron chi connectivity index (χ4n) is 5.64. The van der Waals surface area contributed by atoms with Crippen molar-refractivity contribution in [3.05, 3.63) is 120 Å². The fraction of sp³-hybridized carbons (Fsp3) is 0.200. The van der Waals surface area contributed by atoms with E-state index in [1.54, 1.807) is 18.5 Å². The SMILES string of the molecule is CCC(Nc1c(C#N)cnc2c(C#N)cc(NC(c3cccc(-c4ncco4)c3)c3cn(C4CC4)nn3)cc12)c1ccccc1. The number of hydrogen-bond acceptors (Lipinski definition) is 9. The Morgan fingerprint density at radius 1 is 0.956 bits per heavy atom. The maximum atomic E-state index is 10.2. The highest BCUT2D eigenvalue weighted by atomic mass is 16.3. The van der Waals surface area contributed by atoms with E-state index >= 15 is 0 Å². The molecule has 0 spiro atoms. The molecular formula is C35H29N9O. The van der Waals surface area contributed by atoms with Crippen LogP contribution in [-0.2, 0) is 0 Å². The summed E-state index contributed by atoms with van der Waals surface area (Å²) in [5.41, 5.74) is 6.23. The lowest BCUT2D eigenvalue weighted by Gasteiger charge is -2.22. The Hall–Kier alpha value is -6.00. The van der Waals surface area contributed by atoms with Crippen LogP contribution < -0.4 is 10.6 Å². The van der Waals surface area contributed by atoms with Gasteiger partial charge in [0.05, 0.1) is 52.9 Å². The summed E-state index contributed by atoms with van der Waals surface area (Å²) < 4.78 is 7.49. The van der Waals surface area contributed by atoms with Gasteiger partial charge < -0.3 is 15.1 Å². The van der Waals surface area contributed by atoms with Crippen LogP contribution in [0.25, 0.3) is 22.4 Å². The Morgan fingerprint density at radius 2 is 1.78 bits per heavy atom. The molecule has 2 N–H and O–H groups in total. The highest BCUT2D eigenvalue weighted by molar-refractivity contribution is 5.99. The molecule has 1 aliphatic carbocycles. The minimum absolute atomic E-state index is 0.0470. The molecule has 0 bridgehead atoms. The second-order valence-corrected chi connectivity index (χ2v) is 11.1. The van der Waals surface area contributed by atoms with Crippen LogP contribution in [0.3, 0.4) is 0 Å². The van der Waals surface area contributed by atoms with Gasteiger partial charge in [0.2, 0.25) is 5.89 Å². The second kappa shape index (κ2) is 11.9. The molecule has 45 heavy (non-hydrogen) atoms. The van der Waals surface area contributed by atoms with E-state index in [0.29, 0.717) is 45.3 Å². The molecule has 1 aliphatic rings. The summed E-state index contributed by atoms with van der Waals surface area (Å²) in [7, 11) is 0. The van der Waals surface area contributed by atoms with E-state index in [1.807, 2.05) is 59.4 Å². The Morgan fingerprint density at radius 3 is 2.51 bits per heavy atom. The van der Waals surface area contributed by atoms with Crippen LogP contribution in [0.5, 0.6) is 0 Å². The Labute approximate surface area is 260 Å². The van der Waals surface area contributed by atoms with Crippen molar-refractivity contribution in [1.82, 2.24) is 25.0 Å². The van der Waals surface area contributed by atoms with E-state index < -0.39 is 6.04 Å². The zero-order valence-corrected chi connectivity index (χ0v) is 24.6. The largest absolute Gasteiger partial charge is 0.445 e. The van der Waals surface area contributed by atoms with E-state index in [-0.39, 0.29) is 6.04 Å². The number of oxazole rings is 1. The molecule has 0 radical (unpaired) electrons. The smallest absolute Gasteiger partial charge is 0.225 e. The number of nitriles is 2. The van der Waals surface area contributed by atoms with E-state index in [2.05, 4.69) is 62.1 Å². The number of pyridine rings is 1. The van der Waals surface area contributed by atoms with Gasteiger partial charge in [0.15, 0.2) is 0 Å². The minimum atomic E-state index is -0.410. The van der Waals surface area contributed by atoms with Gasteiger partial charge in [-0.3, -0.25) is 4.98 Å². The van der Waals surface area contributed by atoms with Crippen molar-refractivity contribution >= 4 is 22.3 Å². The normalized spacial score (nSPS) is 13.9. The average molecular weight is 592 g/mol. The monoisotopic (exact) mass is 591 g/mol. The summed E-state index contributed by atoms with van der Waals surface area (Å²) in [5, 5.41) is 37.2. The van der Waals surface area contributed by atoms with E-state index in [0.717, 1.165) is 41.6 Å². The third kappa shape index (κ3) is 5.57. The van der Waals surface area contributed by atoms with Crippen LogP contribution in [0.1, 0.15) is 72.3 Å². The highest BCUT2D eigenvalue weighted by Crippen LogP contribution is 2.38. The van der Waals surface area contributed by atoms with Gasteiger partial charge in [-0.25, -0.2) is 9.67 Å². The number of anilines is 2. The van der Waals surface area contributed by atoms with E-state index in [9.17, 15) is 10.5 Å². The standard InChI is InChI=1S/C35H29N9O/c1-2-30(22-7-4-3-5-8-22)41-33-26(19-37)20-39-32-25(18-36)16-27(17-29(32)33)40-34(31-21-44(43-42-31)28-11-12-28)23-9-6-10-24(15-23)35-38-13-14-45-35/h3-10,13-17,20-21,28,30,34,40H,2,11-12H2,1H3,(H,39,41). The Kier molecular flexibility index (Phi) is 7.38. The molecule has 0 aliphatic heterocycles. The molecule has 2 unspecified atom stereocenters. The van der Waals surface area contributed by atoms with Gasteiger partial charge in [0, 0.05) is 22.8 Å². The van der Waals surface area contributed by atoms with Gasteiger partial charge >= 0.3 is 0 Å². The summed E-state index contributed by atoms with van der Waals surface area (Å²) >= 11 is 0. The summed E-state index contributed by atoms with van der Waals surface area (Å²) in [4.78, 5) is 8.86. The van der Waals surface area contributed by atoms with Gasteiger partial charge in [-0.1, -0.05) is 54.6 Å². The molecule has 6 aromatic rings. The van der Waals surface area contributed by atoms with Crippen molar-refractivity contribution in [1.29, 1.82) is 10.5 Å². The van der Waals surface area contributed by atoms with E-state index in [4.69, 9.17) is 4.42 Å². The number of rotatable bonds is 10. The predicted octanol–water partition coefficient (Wildman–Crippen LogP) is 7.32. The number of nitrogens with zero attached hydrogens (tertiary/aromatic N) is 7. The average Bonchev–Trinajstić information content (AvgIpc) is 3.56. The van der Waals surface area contributed by atoms with Crippen LogP contribution in [0.15, 0.2) is 96.0 Å². The molecule has 3 aromatic heterocycles. The third-order valence-corrected chi connectivity index (χ3v) is 8.10. The van der Waals surface area contributed by atoms with Crippen molar-refractivity contribution in [2.24, 2.45) is 0 Å². The molecule has 0 amide bonds. The second-order valence-electron chi connectivity index (χ2n) is 11.1. The molecular weight excluding hydrogens is 562 g/mol. The van der Waals surface area contributed by atoms with Gasteiger partial charge in [-0.05, 0) is 54.7 Å². The maximum absolute atomic E-state index is 10.2. The van der Waals surface area contributed by atoms with E-state index in [1.165, 1.54) is 6.20 Å². The van der Waals surface area contributed by atoms with Crippen molar-refractivity contribution in [3.8, 4) is 23.6 Å². The molecule has 10 nitrogen and oxygen atoms in total. The number of fused-ring (bicyclic) bond motifs is 1. The van der Waals surface area contributed by atoms with Crippen LogP contribution >= 0.6 is 0 Å². The number of hydrogen-bond donors (Lipinski definition) is 2. The van der Waals surface area contributed by atoms with Gasteiger partial charge in [-0.15, -0.1) is 5.10 Å². The molecule has 1 saturated carbocycles. The molecule has 3 heterocycles. The lowest BCUT2D eigenvalue weighted by Crippen LogP contribution is -2.14. The first-order valence-corrected chi connectivity index (χ1v) is 14.9. The Bertz CT molecular complexity index is 2050. The number of nitrogens with one attached hydrogen (secondary N) is 2. The summed E-state index contributed by atoms with van der Waals surface area (Å²) in [5.74, 6) is 0.518. The maximum Gasteiger partial charge on any atom is 0.225 e. The quantitative estimate of drug-likeness (QED) is 0.167. The number of benzene rings is 3. The van der Waals surface area contributed by atoms with Crippen LogP contribution in [0, 0.1) is 22.7 Å². The first kappa shape index (κ1) is 27.8. The van der Waals surface area contributed by atoms with Gasteiger partial charge in [0.25, 0.3) is 0 Å². The third-order valence-electron chi connectivity index (χ3n) is 8.10. The summed E-state index contributed by atoms with van der Waals surface area (Å²) in [6.45, 7) is 2.10. The fourth-order valence-corrected chi connectivity index (χ4v) is 5.64. The summed E-state index contributed by atoms with van der Waals surface area (Å²) in [6.07, 6.45) is 9.64. The molecule has 220 valence electrons. The topological polar surface area (TPSA) is 141 Å². The van der Waals surface area contributed by atoms with Crippen molar-refractivity contribution < 1.29 is 4.42 Å². The lowest BCUT2D eigenvalue weighted by molar-refractivity contribution is 0.574. The molecule has 7 rings (SSSR count). The highest BCUT2D eigenvalue weighted by Gasteiger charge is 2.27. The van der Waals surface area contributed by atoms with Crippen molar-refractivity contribution in [2.45, 2.75) is 44.3 Å². The molecule has 10 heteroatoms. The Balaban J connectivity index is 1.34. The first-order chi connectivity index (χ1) is 22.1. The molecule has 0 saturated heterocycles. The van der Waals surface area contributed by atoms with Crippen molar-refractivity contribution in [3.63, 3.8) is 0 Å². The number of aromatic nitrogens is 5. The minimum Gasteiger partial charge on any atom is -0.445 e. The van der Waals surface area contributed by atoms with Crippen molar-refractivity contribution in [2.75, 3.05) is 10.6 Å². The molecule has 2 atom stereocenters. The van der Waals surface area contributed by atoms with Gasteiger partial charge in [0.1, 0.15) is 24.1 Å². The van der Waals surface area contributed by atoms with Gasteiger partial charge in [-0.2, -0.15) is 10.5 Å². The first-order valence-electron chi connectivity index (χ1n) is 14.9. The van der Waals surface area contributed by atoms with Crippen LogP contribution in [0.2, 0.25) is 0 Å². The lowest BCUT2D eigenvalue weighted by atomic mass is 9.99. The van der Waals surface area contributed by atoms with Crippen LogP contribution in [0.4, 0.5) is 11.4 Å². The molecule has 3 aromatic carbocycles.